The second-order valence-electron chi connectivity index (χ2n) is 5.24. The molecule has 2 N–H and O–H groups in total. The molecule has 0 unspecified atom stereocenters. The van der Waals surface area contributed by atoms with Gasteiger partial charge >= 0.3 is 0 Å². The molecule has 25 heavy (non-hydrogen) atoms. The van der Waals surface area contributed by atoms with Crippen molar-refractivity contribution in [3.05, 3.63) is 53.8 Å². The Labute approximate surface area is 143 Å². The van der Waals surface area contributed by atoms with E-state index in [-0.39, 0.29) is 28.6 Å². The number of furan rings is 1. The molecule has 0 atom stereocenters. The first kappa shape index (κ1) is 16.4. The molecule has 1 aromatic heterocycles. The third-order valence-electron chi connectivity index (χ3n) is 3.77. The Morgan fingerprint density at radius 3 is 2.36 bits per heavy atom. The maximum absolute atomic E-state index is 12.7. The predicted octanol–water partition coefficient (Wildman–Crippen LogP) is 3.76. The number of phenols is 2. The minimum Gasteiger partial charge on any atom is -0.508 e. The number of ether oxygens (including phenoxy) is 2. The van der Waals surface area contributed by atoms with Crippen LogP contribution in [0.1, 0.15) is 15.9 Å². The van der Waals surface area contributed by atoms with Crippen molar-refractivity contribution in [1.29, 1.82) is 0 Å². The number of methoxy groups -OCH3 is 2. The molecule has 0 fully saturated rings. The zero-order valence-corrected chi connectivity index (χ0v) is 13.6. The van der Waals surface area contributed by atoms with Gasteiger partial charge in [0.25, 0.3) is 0 Å². The highest BCUT2D eigenvalue weighted by molar-refractivity contribution is 6.15. The van der Waals surface area contributed by atoms with Crippen molar-refractivity contribution >= 4 is 22.8 Å². The van der Waals surface area contributed by atoms with Crippen LogP contribution in [0, 0.1) is 0 Å². The SMILES string of the molecule is COc1c(C(=O)/C=C/c2ccc(O)cc2)c(O)c(OC)c2occc12. The summed E-state index contributed by atoms with van der Waals surface area (Å²) in [6.07, 6.45) is 4.32. The highest BCUT2D eigenvalue weighted by Crippen LogP contribution is 2.45. The molecule has 0 bridgehead atoms. The summed E-state index contributed by atoms with van der Waals surface area (Å²) in [6.45, 7) is 0. The molecule has 2 aromatic carbocycles. The molecule has 0 aliphatic heterocycles. The molecule has 128 valence electrons. The number of hydrogen-bond acceptors (Lipinski definition) is 6. The molecule has 0 saturated heterocycles. The topological polar surface area (TPSA) is 89.1 Å². The van der Waals surface area contributed by atoms with Crippen LogP contribution in [0.25, 0.3) is 17.0 Å². The van der Waals surface area contributed by atoms with Gasteiger partial charge in [0, 0.05) is 0 Å². The van der Waals surface area contributed by atoms with Gasteiger partial charge in [0.05, 0.1) is 25.9 Å². The molecule has 0 amide bonds. The van der Waals surface area contributed by atoms with Crippen molar-refractivity contribution in [2.75, 3.05) is 14.2 Å². The maximum Gasteiger partial charge on any atom is 0.205 e. The van der Waals surface area contributed by atoms with E-state index in [2.05, 4.69) is 0 Å². The largest absolute Gasteiger partial charge is 0.508 e. The zero-order valence-electron chi connectivity index (χ0n) is 13.6. The van der Waals surface area contributed by atoms with Crippen LogP contribution in [-0.4, -0.2) is 30.2 Å². The molecule has 6 nitrogen and oxygen atoms in total. The first-order valence-corrected chi connectivity index (χ1v) is 7.42. The van der Waals surface area contributed by atoms with Crippen molar-refractivity contribution in [1.82, 2.24) is 0 Å². The number of ketones is 1. The van der Waals surface area contributed by atoms with Gasteiger partial charge in [0.15, 0.2) is 17.1 Å². The molecule has 0 spiro atoms. The normalized spacial score (nSPS) is 11.1. The highest BCUT2D eigenvalue weighted by Gasteiger charge is 2.26. The lowest BCUT2D eigenvalue weighted by Gasteiger charge is -2.13. The highest BCUT2D eigenvalue weighted by atomic mass is 16.5. The number of carbonyl (C=O) groups excluding carboxylic acids is 1. The Kier molecular flexibility index (Phi) is 4.35. The number of fused-ring (bicyclic) bond motifs is 1. The molecule has 3 aromatic rings. The standard InChI is InChI=1S/C19H16O6/c1-23-17-13-9-10-25-18(13)19(24-2)16(22)15(17)14(21)8-5-11-3-6-12(20)7-4-11/h3-10,20,22H,1-2H3/b8-5+. The van der Waals surface area contributed by atoms with Crippen LogP contribution in [-0.2, 0) is 0 Å². The van der Waals surface area contributed by atoms with Gasteiger partial charge in [-0.15, -0.1) is 0 Å². The van der Waals surface area contributed by atoms with Crippen molar-refractivity contribution < 1.29 is 28.9 Å². The number of hydrogen-bond donors (Lipinski definition) is 2. The fourth-order valence-corrected chi connectivity index (χ4v) is 2.60. The third-order valence-corrected chi connectivity index (χ3v) is 3.77. The van der Waals surface area contributed by atoms with Crippen LogP contribution in [0.2, 0.25) is 0 Å². The molecule has 0 saturated carbocycles. The van der Waals surface area contributed by atoms with Gasteiger partial charge in [-0.1, -0.05) is 18.2 Å². The minimum atomic E-state index is -0.455. The number of allylic oxidation sites excluding steroid dienone is 1. The molecule has 6 heteroatoms. The molecule has 0 aliphatic rings. The number of phenolic OH excluding ortho intramolecular Hbond substituents is 2. The monoisotopic (exact) mass is 340 g/mol. The number of carbonyl (C=O) groups is 1. The van der Waals surface area contributed by atoms with E-state index in [1.54, 1.807) is 24.3 Å². The lowest BCUT2D eigenvalue weighted by molar-refractivity contribution is 0.104. The number of aromatic hydroxyl groups is 2. The molecule has 0 radical (unpaired) electrons. The maximum atomic E-state index is 12.7. The molecule has 3 rings (SSSR count). The quantitative estimate of drug-likeness (QED) is 0.543. The van der Waals surface area contributed by atoms with Crippen molar-refractivity contribution in [3.63, 3.8) is 0 Å². The summed E-state index contributed by atoms with van der Waals surface area (Å²) in [7, 11) is 2.79. The summed E-state index contributed by atoms with van der Waals surface area (Å²) in [4.78, 5) is 12.7. The first-order chi connectivity index (χ1) is 12.1. The van der Waals surface area contributed by atoms with Gasteiger partial charge in [0.1, 0.15) is 17.1 Å². The number of rotatable bonds is 5. The third kappa shape index (κ3) is 2.89. The van der Waals surface area contributed by atoms with Crippen LogP contribution in [0.3, 0.4) is 0 Å². The van der Waals surface area contributed by atoms with Crippen LogP contribution in [0.5, 0.6) is 23.0 Å². The van der Waals surface area contributed by atoms with Crippen LogP contribution < -0.4 is 9.47 Å². The second-order valence-corrected chi connectivity index (χ2v) is 5.24. The summed E-state index contributed by atoms with van der Waals surface area (Å²) in [5, 5.41) is 20.3. The van der Waals surface area contributed by atoms with E-state index in [0.29, 0.717) is 11.0 Å². The van der Waals surface area contributed by atoms with E-state index in [1.165, 1.54) is 38.7 Å². The lowest BCUT2D eigenvalue weighted by Crippen LogP contribution is -2.02. The van der Waals surface area contributed by atoms with E-state index >= 15 is 0 Å². The average Bonchev–Trinajstić information content (AvgIpc) is 3.09. The molecule has 0 aliphatic carbocycles. The van der Waals surface area contributed by atoms with Crippen molar-refractivity contribution in [3.8, 4) is 23.0 Å². The Hall–Kier alpha value is -3.41. The Bertz CT molecular complexity index is 950. The zero-order chi connectivity index (χ0) is 18.0. The summed E-state index contributed by atoms with van der Waals surface area (Å²) < 4.78 is 15.8. The van der Waals surface area contributed by atoms with Crippen LogP contribution in [0.4, 0.5) is 0 Å². The second kappa shape index (κ2) is 6.60. The first-order valence-electron chi connectivity index (χ1n) is 7.42. The van der Waals surface area contributed by atoms with Crippen LogP contribution in [0.15, 0.2) is 47.1 Å². The lowest BCUT2D eigenvalue weighted by atomic mass is 10.0. The summed E-state index contributed by atoms with van der Waals surface area (Å²) in [5.41, 5.74) is 1.01. The van der Waals surface area contributed by atoms with Gasteiger partial charge in [-0.05, 0) is 29.8 Å². The van der Waals surface area contributed by atoms with E-state index in [4.69, 9.17) is 13.9 Å². The summed E-state index contributed by atoms with van der Waals surface area (Å²) >= 11 is 0. The fraction of sp³-hybridized carbons (Fsp3) is 0.105. The van der Waals surface area contributed by atoms with Gasteiger partial charge < -0.3 is 24.1 Å². The fourth-order valence-electron chi connectivity index (χ4n) is 2.60. The van der Waals surface area contributed by atoms with Gasteiger partial charge in [-0.3, -0.25) is 4.79 Å². The van der Waals surface area contributed by atoms with Gasteiger partial charge in [-0.2, -0.15) is 0 Å². The van der Waals surface area contributed by atoms with E-state index in [1.807, 2.05) is 0 Å². The van der Waals surface area contributed by atoms with Gasteiger partial charge in [-0.25, -0.2) is 0 Å². The minimum absolute atomic E-state index is 0.0109. The smallest absolute Gasteiger partial charge is 0.205 e. The Balaban J connectivity index is 2.09. The number of benzene rings is 2. The molecule has 1 heterocycles. The summed E-state index contributed by atoms with van der Waals surface area (Å²) in [6, 6.07) is 7.99. The van der Waals surface area contributed by atoms with Crippen molar-refractivity contribution in [2.45, 2.75) is 0 Å². The van der Waals surface area contributed by atoms with Crippen LogP contribution >= 0.6 is 0 Å². The predicted molar refractivity (Wildman–Crippen MR) is 92.5 cm³/mol. The molecular weight excluding hydrogens is 324 g/mol. The van der Waals surface area contributed by atoms with Gasteiger partial charge in [0.2, 0.25) is 5.75 Å². The van der Waals surface area contributed by atoms with E-state index in [9.17, 15) is 15.0 Å². The summed E-state index contributed by atoms with van der Waals surface area (Å²) in [5.74, 6) is -0.381. The Morgan fingerprint density at radius 1 is 1.04 bits per heavy atom. The average molecular weight is 340 g/mol. The van der Waals surface area contributed by atoms with E-state index in [0.717, 1.165) is 5.56 Å². The Morgan fingerprint density at radius 2 is 1.72 bits per heavy atom. The van der Waals surface area contributed by atoms with Crippen molar-refractivity contribution in [2.24, 2.45) is 0 Å². The molecular formula is C19H16O6. The van der Waals surface area contributed by atoms with E-state index < -0.39 is 5.78 Å².